The van der Waals surface area contributed by atoms with Crippen LogP contribution in [0.1, 0.15) is 61.2 Å². The number of nitrogens with zero attached hydrogens (tertiary/aromatic N) is 4. The van der Waals surface area contributed by atoms with E-state index in [1.165, 1.54) is 23.3 Å². The van der Waals surface area contributed by atoms with Gasteiger partial charge < -0.3 is 9.47 Å². The topological polar surface area (TPSA) is 41.4 Å². The molecule has 1 saturated carbocycles. The third-order valence-electron chi connectivity index (χ3n) is 7.24. The van der Waals surface area contributed by atoms with Crippen molar-refractivity contribution in [3.63, 3.8) is 0 Å². The first-order valence-electron chi connectivity index (χ1n) is 11.0. The molecule has 3 fully saturated rings. The second-order valence-electron chi connectivity index (χ2n) is 9.69. The minimum atomic E-state index is -0.295. The molecule has 0 aromatic carbocycles. The molecule has 1 aliphatic carbocycles. The number of rotatable bonds is 6. The Morgan fingerprint density at radius 2 is 2.17 bits per heavy atom. The predicted octanol–water partition coefficient (Wildman–Crippen LogP) is 4.06. The Kier molecular flexibility index (Phi) is 4.82. The summed E-state index contributed by atoms with van der Waals surface area (Å²) in [5.41, 5.74) is 2.17. The van der Waals surface area contributed by atoms with E-state index in [0.29, 0.717) is 11.9 Å². The van der Waals surface area contributed by atoms with Gasteiger partial charge in [-0.3, -0.25) is 9.69 Å². The second-order valence-corrected chi connectivity index (χ2v) is 10.7. The maximum absolute atomic E-state index is 13.7. The third-order valence-corrected chi connectivity index (χ3v) is 8.25. The van der Waals surface area contributed by atoms with Crippen LogP contribution in [-0.2, 0) is 11.3 Å². The fourth-order valence-electron chi connectivity index (χ4n) is 5.20. The van der Waals surface area contributed by atoms with Gasteiger partial charge in [0.25, 0.3) is 0 Å². The van der Waals surface area contributed by atoms with Gasteiger partial charge >= 0.3 is 0 Å². The highest BCUT2D eigenvalue weighted by atomic mass is 32.1. The smallest absolute Gasteiger partial charge is 0.230 e. The molecule has 2 saturated heterocycles. The number of likely N-dealkylation sites (tertiary alicyclic amines) is 2. The summed E-state index contributed by atoms with van der Waals surface area (Å²) in [6.45, 7) is 11.2. The lowest BCUT2D eigenvalue weighted by Gasteiger charge is -2.28. The fourth-order valence-corrected chi connectivity index (χ4v) is 6.15. The molecular formula is C23H32N4OS. The van der Waals surface area contributed by atoms with E-state index in [0.717, 1.165) is 50.8 Å². The average molecular weight is 413 g/mol. The van der Waals surface area contributed by atoms with Gasteiger partial charge in [-0.25, -0.2) is 4.98 Å². The third kappa shape index (κ3) is 3.44. The molecule has 0 N–H and O–H groups in total. The maximum atomic E-state index is 13.7. The first kappa shape index (κ1) is 19.3. The van der Waals surface area contributed by atoms with Crippen LogP contribution in [0.3, 0.4) is 0 Å². The summed E-state index contributed by atoms with van der Waals surface area (Å²) >= 11 is 1.83. The molecule has 4 heterocycles. The molecule has 2 atom stereocenters. The molecule has 1 spiro atoms. The van der Waals surface area contributed by atoms with Gasteiger partial charge in [0.1, 0.15) is 0 Å². The molecule has 2 aromatic heterocycles. The Labute approximate surface area is 177 Å². The molecule has 156 valence electrons. The summed E-state index contributed by atoms with van der Waals surface area (Å²) in [7, 11) is 0. The summed E-state index contributed by atoms with van der Waals surface area (Å²) in [6, 6.07) is 2.59. The van der Waals surface area contributed by atoms with Crippen LogP contribution in [0.5, 0.6) is 0 Å². The van der Waals surface area contributed by atoms with Crippen molar-refractivity contribution in [2.45, 2.75) is 58.5 Å². The normalized spacial score (nSPS) is 27.8. The number of carbonyl (C=O) groups excluding carboxylic acids is 1. The zero-order chi connectivity index (χ0) is 20.2. The van der Waals surface area contributed by atoms with Gasteiger partial charge in [0.15, 0.2) is 0 Å². The molecule has 29 heavy (non-hydrogen) atoms. The van der Waals surface area contributed by atoms with Crippen molar-refractivity contribution < 1.29 is 4.79 Å². The van der Waals surface area contributed by atoms with Crippen molar-refractivity contribution >= 4 is 17.2 Å². The van der Waals surface area contributed by atoms with E-state index in [4.69, 9.17) is 4.98 Å². The first-order valence-corrected chi connectivity index (χ1v) is 11.9. The molecule has 0 unspecified atom stereocenters. The van der Waals surface area contributed by atoms with Crippen molar-refractivity contribution in [1.29, 1.82) is 0 Å². The molecule has 2 aliphatic heterocycles. The van der Waals surface area contributed by atoms with Crippen LogP contribution in [0.25, 0.3) is 0 Å². The molecule has 3 aliphatic rings. The largest absolute Gasteiger partial charge is 0.342 e. The van der Waals surface area contributed by atoms with Crippen molar-refractivity contribution in [3.05, 3.63) is 40.1 Å². The van der Waals surface area contributed by atoms with Gasteiger partial charge in [-0.1, -0.05) is 0 Å². The summed E-state index contributed by atoms with van der Waals surface area (Å²) in [4.78, 5) is 24.6. The van der Waals surface area contributed by atoms with E-state index < -0.39 is 0 Å². The Balaban J connectivity index is 1.44. The van der Waals surface area contributed by atoms with E-state index in [-0.39, 0.29) is 11.3 Å². The number of aromatic nitrogens is 2. The Bertz CT molecular complexity index is 898. The fraction of sp³-hybridized carbons (Fsp3) is 0.652. The number of hydrogen-bond acceptors (Lipinski definition) is 4. The van der Waals surface area contributed by atoms with E-state index in [2.05, 4.69) is 52.8 Å². The van der Waals surface area contributed by atoms with Crippen molar-refractivity contribution in [1.82, 2.24) is 19.4 Å². The first-order chi connectivity index (χ1) is 14.0. The van der Waals surface area contributed by atoms with Crippen LogP contribution >= 0.6 is 11.3 Å². The average Bonchev–Trinajstić information content (AvgIpc) is 3.02. The SMILES string of the molecule is Cc1ccsc1CN1C[C@H](c2cn(C(C)C)cn2)[C@]2(CCN(CC3CC3)C2=O)C1. The highest BCUT2D eigenvalue weighted by molar-refractivity contribution is 7.10. The molecule has 5 nitrogen and oxygen atoms in total. The van der Waals surface area contributed by atoms with Crippen LogP contribution in [0.4, 0.5) is 0 Å². The van der Waals surface area contributed by atoms with Gasteiger partial charge in [0, 0.05) is 55.8 Å². The number of amides is 1. The number of thiophene rings is 1. The highest BCUT2D eigenvalue weighted by Crippen LogP contribution is 2.50. The number of hydrogen-bond donors (Lipinski definition) is 0. The minimum absolute atomic E-state index is 0.194. The second kappa shape index (κ2) is 7.24. The number of aryl methyl sites for hydroxylation is 1. The molecule has 2 aromatic rings. The van der Waals surface area contributed by atoms with Gasteiger partial charge in [0.2, 0.25) is 5.91 Å². The van der Waals surface area contributed by atoms with Crippen LogP contribution in [0.15, 0.2) is 24.0 Å². The predicted molar refractivity (Wildman–Crippen MR) is 116 cm³/mol. The number of imidazole rings is 1. The lowest BCUT2D eigenvalue weighted by atomic mass is 9.75. The van der Waals surface area contributed by atoms with Gasteiger partial charge in [0.05, 0.1) is 17.4 Å². The molecule has 6 heteroatoms. The van der Waals surface area contributed by atoms with E-state index in [1.54, 1.807) is 0 Å². The van der Waals surface area contributed by atoms with E-state index >= 15 is 0 Å². The molecule has 1 amide bonds. The summed E-state index contributed by atoms with van der Waals surface area (Å²) < 4.78 is 2.18. The van der Waals surface area contributed by atoms with Crippen LogP contribution in [0, 0.1) is 18.3 Å². The number of carbonyl (C=O) groups is 1. The van der Waals surface area contributed by atoms with Crippen molar-refractivity contribution in [2.75, 3.05) is 26.2 Å². The summed E-state index contributed by atoms with van der Waals surface area (Å²) in [5, 5.41) is 2.18. The van der Waals surface area contributed by atoms with E-state index in [9.17, 15) is 4.79 Å². The molecule has 0 radical (unpaired) electrons. The lowest BCUT2D eigenvalue weighted by Crippen LogP contribution is -2.40. The van der Waals surface area contributed by atoms with Crippen LogP contribution in [-0.4, -0.2) is 51.4 Å². The molecular weight excluding hydrogens is 380 g/mol. The van der Waals surface area contributed by atoms with Crippen LogP contribution < -0.4 is 0 Å². The van der Waals surface area contributed by atoms with Crippen molar-refractivity contribution in [2.24, 2.45) is 11.3 Å². The quantitative estimate of drug-likeness (QED) is 0.718. The highest BCUT2D eigenvalue weighted by Gasteiger charge is 2.58. The minimum Gasteiger partial charge on any atom is -0.342 e. The van der Waals surface area contributed by atoms with Gasteiger partial charge in [-0.05, 0) is 63.0 Å². The molecule has 0 bridgehead atoms. The zero-order valence-electron chi connectivity index (χ0n) is 17.8. The van der Waals surface area contributed by atoms with Gasteiger partial charge in [-0.2, -0.15) is 0 Å². The summed E-state index contributed by atoms with van der Waals surface area (Å²) in [6.07, 6.45) is 7.69. The maximum Gasteiger partial charge on any atom is 0.230 e. The van der Waals surface area contributed by atoms with Crippen LogP contribution in [0.2, 0.25) is 0 Å². The van der Waals surface area contributed by atoms with Crippen molar-refractivity contribution in [3.8, 4) is 0 Å². The summed E-state index contributed by atoms with van der Waals surface area (Å²) in [5.74, 6) is 1.33. The molecule has 5 rings (SSSR count). The van der Waals surface area contributed by atoms with E-state index in [1.807, 2.05) is 17.7 Å². The Hall–Kier alpha value is -1.66. The van der Waals surface area contributed by atoms with Gasteiger partial charge in [-0.15, -0.1) is 11.3 Å². The Morgan fingerprint density at radius 1 is 1.34 bits per heavy atom. The Morgan fingerprint density at radius 3 is 2.83 bits per heavy atom. The zero-order valence-corrected chi connectivity index (χ0v) is 18.6. The monoisotopic (exact) mass is 412 g/mol. The standard InChI is InChI=1S/C23H32N4OS/c1-16(2)27-12-20(24-15-27)19-11-25(13-21-17(3)6-9-29-21)14-23(19)7-8-26(22(23)28)10-18-4-5-18/h6,9,12,15-16,18-19H,4-5,7-8,10-11,13-14H2,1-3H3/t19-,23+/m1/s1. The lowest BCUT2D eigenvalue weighted by molar-refractivity contribution is -0.136.